The van der Waals surface area contributed by atoms with Crippen LogP contribution >= 0.6 is 11.6 Å². The lowest BCUT2D eigenvalue weighted by Gasteiger charge is -2.24. The molecule has 0 spiro atoms. The molecule has 1 aliphatic rings. The number of aldehydes is 1. The number of carbonyl (C=O) groups is 2. The summed E-state index contributed by atoms with van der Waals surface area (Å²) in [6.07, 6.45) is -1.32. The Morgan fingerprint density at radius 1 is 1.39 bits per heavy atom. The van der Waals surface area contributed by atoms with Crippen LogP contribution in [-0.4, -0.2) is 35.7 Å². The van der Waals surface area contributed by atoms with Crippen molar-refractivity contribution in [2.24, 2.45) is 0 Å². The number of hydrogen-bond acceptors (Lipinski definition) is 5. The smallest absolute Gasteiger partial charge is 0.337 e. The quantitative estimate of drug-likeness (QED) is 0.799. The van der Waals surface area contributed by atoms with Gasteiger partial charge < -0.3 is 19.7 Å². The van der Waals surface area contributed by atoms with E-state index in [1.165, 1.54) is 6.07 Å². The molecule has 0 amide bonds. The number of hydrogen-bond donors (Lipinski definition) is 2. The molecule has 0 fully saturated rings. The summed E-state index contributed by atoms with van der Waals surface area (Å²) in [6.45, 7) is 0.420. The van der Waals surface area contributed by atoms with Crippen molar-refractivity contribution in [3.05, 3.63) is 22.2 Å². The SMILES string of the molecule is O=Cc1cc(Cl)c(C(O)C(=O)O)c2c1OCCO2. The van der Waals surface area contributed by atoms with Crippen molar-refractivity contribution in [2.45, 2.75) is 6.10 Å². The van der Waals surface area contributed by atoms with Gasteiger partial charge in [0.1, 0.15) is 13.2 Å². The van der Waals surface area contributed by atoms with Crippen LogP contribution in [0.1, 0.15) is 22.0 Å². The predicted molar refractivity (Wildman–Crippen MR) is 60.4 cm³/mol. The number of halogens is 1. The average molecular weight is 273 g/mol. The highest BCUT2D eigenvalue weighted by molar-refractivity contribution is 6.32. The molecule has 0 radical (unpaired) electrons. The van der Waals surface area contributed by atoms with Crippen molar-refractivity contribution >= 4 is 23.9 Å². The minimum Gasteiger partial charge on any atom is -0.486 e. The first-order valence-electron chi connectivity index (χ1n) is 5.04. The highest BCUT2D eigenvalue weighted by atomic mass is 35.5. The predicted octanol–water partition coefficient (Wildman–Crippen LogP) is 1.04. The van der Waals surface area contributed by atoms with Gasteiger partial charge in [0, 0.05) is 0 Å². The fourth-order valence-electron chi connectivity index (χ4n) is 1.69. The van der Waals surface area contributed by atoms with E-state index in [9.17, 15) is 14.7 Å². The van der Waals surface area contributed by atoms with Gasteiger partial charge in [-0.25, -0.2) is 4.79 Å². The van der Waals surface area contributed by atoms with Crippen molar-refractivity contribution in [1.82, 2.24) is 0 Å². The lowest BCUT2D eigenvalue weighted by Crippen LogP contribution is -2.21. The maximum atomic E-state index is 10.9. The first-order valence-corrected chi connectivity index (χ1v) is 5.42. The van der Waals surface area contributed by atoms with E-state index in [1.54, 1.807) is 0 Å². The standard InChI is InChI=1S/C11H9ClO6/c12-6-3-5(4-13)9-10(18-2-1-17-9)7(6)8(14)11(15)16/h3-4,8,14H,1-2H2,(H,15,16). The molecule has 0 saturated carbocycles. The molecule has 0 aromatic heterocycles. The lowest BCUT2D eigenvalue weighted by molar-refractivity contribution is -0.147. The van der Waals surface area contributed by atoms with Crippen LogP contribution in [0.5, 0.6) is 11.5 Å². The molecule has 1 heterocycles. The summed E-state index contributed by atoms with van der Waals surface area (Å²) in [5.74, 6) is -1.35. The Balaban J connectivity index is 2.66. The zero-order valence-corrected chi connectivity index (χ0v) is 9.81. The Hall–Kier alpha value is -1.79. The minimum absolute atomic E-state index is 0.00532. The maximum absolute atomic E-state index is 10.9. The van der Waals surface area contributed by atoms with E-state index >= 15 is 0 Å². The van der Waals surface area contributed by atoms with Crippen molar-refractivity contribution in [3.63, 3.8) is 0 Å². The van der Waals surface area contributed by atoms with Gasteiger partial charge in [-0.1, -0.05) is 11.6 Å². The van der Waals surface area contributed by atoms with E-state index < -0.39 is 12.1 Å². The van der Waals surface area contributed by atoms with Crippen LogP contribution in [0, 0.1) is 0 Å². The van der Waals surface area contributed by atoms with Gasteiger partial charge in [0.15, 0.2) is 23.9 Å². The van der Waals surface area contributed by atoms with Gasteiger partial charge in [-0.15, -0.1) is 0 Å². The van der Waals surface area contributed by atoms with Crippen LogP contribution in [0.3, 0.4) is 0 Å². The monoisotopic (exact) mass is 272 g/mol. The first kappa shape index (κ1) is 12.7. The van der Waals surface area contributed by atoms with E-state index in [2.05, 4.69) is 0 Å². The van der Waals surface area contributed by atoms with Gasteiger partial charge in [-0.3, -0.25) is 4.79 Å². The molecule has 1 aromatic carbocycles. The number of ether oxygens (including phenoxy) is 2. The second-order valence-electron chi connectivity index (χ2n) is 3.58. The van der Waals surface area contributed by atoms with Crippen LogP contribution in [0.4, 0.5) is 0 Å². The zero-order valence-electron chi connectivity index (χ0n) is 9.05. The highest BCUT2D eigenvalue weighted by Gasteiger charge is 2.30. The second-order valence-corrected chi connectivity index (χ2v) is 3.98. The van der Waals surface area contributed by atoms with Gasteiger partial charge in [0.25, 0.3) is 0 Å². The molecule has 2 rings (SSSR count). The van der Waals surface area contributed by atoms with Crippen LogP contribution in [0.25, 0.3) is 0 Å². The highest BCUT2D eigenvalue weighted by Crippen LogP contribution is 2.43. The molecule has 6 nitrogen and oxygen atoms in total. The molecule has 0 bridgehead atoms. The minimum atomic E-state index is -1.84. The third-order valence-electron chi connectivity index (χ3n) is 2.46. The lowest BCUT2D eigenvalue weighted by atomic mass is 10.0. The Morgan fingerprint density at radius 2 is 2.00 bits per heavy atom. The van der Waals surface area contributed by atoms with Crippen LogP contribution in [0.2, 0.25) is 5.02 Å². The molecular formula is C11H9ClO6. The molecule has 1 aromatic rings. The molecule has 18 heavy (non-hydrogen) atoms. The Bertz CT molecular complexity index is 513. The van der Waals surface area contributed by atoms with E-state index in [4.69, 9.17) is 26.2 Å². The summed E-state index contributed by atoms with van der Waals surface area (Å²) in [7, 11) is 0. The van der Waals surface area contributed by atoms with Crippen molar-refractivity contribution < 1.29 is 29.3 Å². The number of aliphatic carboxylic acids is 1. The molecule has 2 N–H and O–H groups in total. The number of aliphatic hydroxyl groups is 1. The normalized spacial score (nSPS) is 15.0. The maximum Gasteiger partial charge on any atom is 0.337 e. The van der Waals surface area contributed by atoms with E-state index in [0.29, 0.717) is 6.29 Å². The Labute approximate surface area is 107 Å². The molecule has 0 saturated heterocycles. The van der Waals surface area contributed by atoms with E-state index in [0.717, 1.165) is 0 Å². The fourth-order valence-corrected chi connectivity index (χ4v) is 1.99. The average Bonchev–Trinajstić information content (AvgIpc) is 2.37. The third kappa shape index (κ3) is 2.00. The van der Waals surface area contributed by atoms with Gasteiger partial charge in [-0.2, -0.15) is 0 Å². The largest absolute Gasteiger partial charge is 0.486 e. The number of carboxylic acid groups (broad SMARTS) is 1. The van der Waals surface area contributed by atoms with Crippen LogP contribution in [-0.2, 0) is 4.79 Å². The number of fused-ring (bicyclic) bond motifs is 1. The number of aliphatic hydroxyl groups excluding tert-OH is 1. The topological polar surface area (TPSA) is 93.1 Å². The zero-order chi connectivity index (χ0) is 13.3. The van der Waals surface area contributed by atoms with Crippen molar-refractivity contribution in [3.8, 4) is 11.5 Å². The van der Waals surface area contributed by atoms with Crippen molar-refractivity contribution in [2.75, 3.05) is 13.2 Å². The molecule has 0 aliphatic carbocycles. The Kier molecular flexibility index (Phi) is 3.40. The summed E-state index contributed by atoms with van der Waals surface area (Å²) in [5, 5.41) is 18.3. The molecule has 1 atom stereocenters. The van der Waals surface area contributed by atoms with Gasteiger partial charge >= 0.3 is 5.97 Å². The molecule has 7 heteroatoms. The number of carboxylic acids is 1. The van der Waals surface area contributed by atoms with Crippen LogP contribution < -0.4 is 9.47 Å². The molecule has 1 unspecified atom stereocenters. The fraction of sp³-hybridized carbons (Fsp3) is 0.273. The van der Waals surface area contributed by atoms with Gasteiger partial charge in [0.2, 0.25) is 0 Å². The van der Waals surface area contributed by atoms with E-state index in [-0.39, 0.29) is 40.9 Å². The number of carbonyl (C=O) groups excluding carboxylic acids is 1. The molecule has 96 valence electrons. The van der Waals surface area contributed by atoms with Gasteiger partial charge in [0.05, 0.1) is 16.1 Å². The van der Waals surface area contributed by atoms with Gasteiger partial charge in [-0.05, 0) is 6.07 Å². The molecular weight excluding hydrogens is 264 g/mol. The summed E-state index contributed by atoms with van der Waals surface area (Å²) in [6, 6.07) is 1.24. The van der Waals surface area contributed by atoms with Crippen molar-refractivity contribution in [1.29, 1.82) is 0 Å². The Morgan fingerprint density at radius 3 is 2.56 bits per heavy atom. The number of benzene rings is 1. The van der Waals surface area contributed by atoms with E-state index in [1.807, 2.05) is 0 Å². The summed E-state index contributed by atoms with van der Waals surface area (Å²) in [4.78, 5) is 21.7. The summed E-state index contributed by atoms with van der Waals surface area (Å²) in [5.41, 5.74) is 0.0421. The second kappa shape index (κ2) is 4.83. The third-order valence-corrected chi connectivity index (χ3v) is 2.78. The van der Waals surface area contributed by atoms with Crippen LogP contribution in [0.15, 0.2) is 6.07 Å². The summed E-state index contributed by atoms with van der Waals surface area (Å²) < 4.78 is 10.5. The number of rotatable bonds is 3. The first-order chi connectivity index (χ1) is 8.56. The summed E-state index contributed by atoms with van der Waals surface area (Å²) >= 11 is 5.87. The molecule has 1 aliphatic heterocycles.